The maximum absolute atomic E-state index is 12.1. The summed E-state index contributed by atoms with van der Waals surface area (Å²) in [6, 6.07) is 4.40. The summed E-state index contributed by atoms with van der Waals surface area (Å²) in [5.41, 5.74) is 6.39. The van der Waals surface area contributed by atoms with E-state index < -0.39 is 0 Å². The molecule has 1 aliphatic heterocycles. The molecule has 3 rings (SSSR count). The zero-order chi connectivity index (χ0) is 21.8. The molecule has 0 aromatic carbocycles. The fraction of sp³-hybridized carbons (Fsp3) is 0.458. The van der Waals surface area contributed by atoms with Gasteiger partial charge in [-0.1, -0.05) is 12.6 Å². The van der Waals surface area contributed by atoms with Crippen molar-refractivity contribution < 1.29 is 9.53 Å². The molecular weight excluding hydrogens is 376 g/mol. The van der Waals surface area contributed by atoms with Gasteiger partial charge in [0, 0.05) is 30.0 Å². The van der Waals surface area contributed by atoms with E-state index in [1.165, 1.54) is 0 Å². The lowest BCUT2D eigenvalue weighted by atomic mass is 10.0. The Morgan fingerprint density at radius 1 is 1.27 bits per heavy atom. The van der Waals surface area contributed by atoms with Gasteiger partial charge in [0.1, 0.15) is 0 Å². The van der Waals surface area contributed by atoms with Crippen molar-refractivity contribution in [3.63, 3.8) is 0 Å². The smallest absolute Gasteiger partial charge is 0.410 e. The van der Waals surface area contributed by atoms with Crippen molar-refractivity contribution in [2.75, 3.05) is 13.1 Å². The van der Waals surface area contributed by atoms with Gasteiger partial charge in [0.05, 0.1) is 24.0 Å². The maximum Gasteiger partial charge on any atom is 0.410 e. The van der Waals surface area contributed by atoms with Gasteiger partial charge in [0.2, 0.25) is 0 Å². The highest BCUT2D eigenvalue weighted by molar-refractivity contribution is 5.83. The molecular formula is C24H32N4O2. The molecule has 0 spiro atoms. The highest BCUT2D eigenvalue weighted by Gasteiger charge is 2.27. The molecule has 0 bridgehead atoms. The number of nitrogens with zero attached hydrogens (tertiary/aromatic N) is 4. The molecule has 1 fully saturated rings. The summed E-state index contributed by atoms with van der Waals surface area (Å²) in [5, 5.41) is 4.66. The Kier molecular flexibility index (Phi) is 6.75. The van der Waals surface area contributed by atoms with Gasteiger partial charge in [0.25, 0.3) is 0 Å². The Morgan fingerprint density at radius 2 is 1.97 bits per heavy atom. The van der Waals surface area contributed by atoms with Crippen LogP contribution in [0, 0.1) is 13.8 Å². The van der Waals surface area contributed by atoms with Gasteiger partial charge < -0.3 is 9.64 Å². The Labute approximate surface area is 179 Å². The van der Waals surface area contributed by atoms with Crippen LogP contribution in [-0.4, -0.2) is 45.0 Å². The molecule has 0 aliphatic carbocycles. The number of piperidine rings is 1. The number of rotatable bonds is 5. The van der Waals surface area contributed by atoms with Crippen molar-refractivity contribution in [2.45, 2.75) is 59.6 Å². The van der Waals surface area contributed by atoms with Crippen LogP contribution in [0.1, 0.15) is 67.9 Å². The van der Waals surface area contributed by atoms with Crippen LogP contribution in [0.15, 0.2) is 24.9 Å². The van der Waals surface area contributed by atoms with E-state index in [4.69, 9.17) is 4.74 Å². The number of aromatic nitrogens is 3. The lowest BCUT2D eigenvalue weighted by molar-refractivity contribution is 0.0653. The van der Waals surface area contributed by atoms with E-state index in [1.54, 1.807) is 4.90 Å². The fourth-order valence-corrected chi connectivity index (χ4v) is 3.98. The van der Waals surface area contributed by atoms with Crippen LogP contribution < -0.4 is 0 Å². The normalized spacial score (nSPS) is 15.5. The second kappa shape index (κ2) is 9.28. The van der Waals surface area contributed by atoms with Gasteiger partial charge in [0.15, 0.2) is 0 Å². The molecule has 2 aromatic rings. The summed E-state index contributed by atoms with van der Waals surface area (Å²) in [6.45, 7) is 15.2. The predicted octanol–water partition coefficient (Wildman–Crippen LogP) is 5.28. The Hall–Kier alpha value is -2.89. The van der Waals surface area contributed by atoms with Gasteiger partial charge in [-0.15, -0.1) is 0 Å². The first-order valence-electron chi connectivity index (χ1n) is 10.6. The van der Waals surface area contributed by atoms with E-state index in [0.29, 0.717) is 13.1 Å². The third kappa shape index (κ3) is 4.81. The zero-order valence-corrected chi connectivity index (χ0v) is 18.7. The van der Waals surface area contributed by atoms with Crippen molar-refractivity contribution >= 4 is 23.8 Å². The molecule has 3 heterocycles. The van der Waals surface area contributed by atoms with Crippen LogP contribution in [0.5, 0.6) is 0 Å². The second-order valence-electron chi connectivity index (χ2n) is 8.20. The molecule has 1 amide bonds. The van der Waals surface area contributed by atoms with Gasteiger partial charge in [-0.3, -0.25) is 9.67 Å². The highest BCUT2D eigenvalue weighted by Crippen LogP contribution is 2.28. The number of amides is 1. The molecule has 2 aromatic heterocycles. The van der Waals surface area contributed by atoms with Crippen LogP contribution in [0.4, 0.5) is 4.79 Å². The van der Waals surface area contributed by atoms with Crippen LogP contribution >= 0.6 is 0 Å². The van der Waals surface area contributed by atoms with Crippen LogP contribution in [-0.2, 0) is 4.74 Å². The average molecular weight is 409 g/mol. The molecule has 0 N–H and O–H groups in total. The third-order valence-corrected chi connectivity index (χ3v) is 5.48. The van der Waals surface area contributed by atoms with Crippen molar-refractivity contribution in [1.82, 2.24) is 19.7 Å². The average Bonchev–Trinajstić information content (AvgIpc) is 3.09. The standard InChI is InChI=1S/C24H32N4O2/c1-7-23-20(14-17(4)22-9-8-18(5)26-19(22)6)15-25-28(23)21-10-12-27(13-11-21)24(29)30-16(2)3/h7-9,14-16,21H,1,10-13H2,2-6H3/b17-14+. The Balaban J connectivity index is 1.76. The molecule has 0 unspecified atom stereocenters. The summed E-state index contributed by atoms with van der Waals surface area (Å²) in [4.78, 5) is 18.5. The van der Waals surface area contributed by atoms with E-state index in [0.717, 1.165) is 46.6 Å². The van der Waals surface area contributed by atoms with Crippen LogP contribution in [0.3, 0.4) is 0 Å². The topological polar surface area (TPSA) is 60.2 Å². The summed E-state index contributed by atoms with van der Waals surface area (Å²) in [6.07, 6.45) is 7.28. The van der Waals surface area contributed by atoms with Crippen LogP contribution in [0.25, 0.3) is 17.7 Å². The number of carbonyl (C=O) groups excluding carboxylic acids is 1. The number of hydrogen-bond acceptors (Lipinski definition) is 4. The first-order valence-corrected chi connectivity index (χ1v) is 10.6. The van der Waals surface area contributed by atoms with E-state index in [9.17, 15) is 4.79 Å². The largest absolute Gasteiger partial charge is 0.447 e. The maximum atomic E-state index is 12.1. The van der Waals surface area contributed by atoms with E-state index in [1.807, 2.05) is 46.0 Å². The van der Waals surface area contributed by atoms with Crippen LogP contribution in [0.2, 0.25) is 0 Å². The number of pyridine rings is 1. The number of carbonyl (C=O) groups is 1. The summed E-state index contributed by atoms with van der Waals surface area (Å²) < 4.78 is 7.37. The number of allylic oxidation sites excluding steroid dienone is 1. The summed E-state index contributed by atoms with van der Waals surface area (Å²) >= 11 is 0. The van der Waals surface area contributed by atoms with E-state index >= 15 is 0 Å². The first kappa shape index (κ1) is 21.8. The quantitative estimate of drug-likeness (QED) is 0.675. The molecule has 0 atom stereocenters. The molecule has 6 heteroatoms. The fourth-order valence-electron chi connectivity index (χ4n) is 3.98. The Morgan fingerprint density at radius 3 is 2.57 bits per heavy atom. The number of likely N-dealkylation sites (tertiary alicyclic amines) is 1. The molecule has 160 valence electrons. The van der Waals surface area contributed by atoms with E-state index in [2.05, 4.69) is 40.4 Å². The SMILES string of the molecule is C=Cc1c(/C=C(\C)c2ccc(C)nc2C)cnn1C1CCN(C(=O)OC(C)C)CC1. The minimum absolute atomic E-state index is 0.0985. The second-order valence-corrected chi connectivity index (χ2v) is 8.20. The predicted molar refractivity (Wildman–Crippen MR) is 121 cm³/mol. The Bertz CT molecular complexity index is 950. The number of aryl methyl sites for hydroxylation is 2. The van der Waals surface area contributed by atoms with Gasteiger partial charge in [-0.25, -0.2) is 4.79 Å². The van der Waals surface area contributed by atoms with Crippen molar-refractivity contribution in [3.8, 4) is 0 Å². The summed E-state index contributed by atoms with van der Waals surface area (Å²) in [7, 11) is 0. The number of hydrogen-bond donors (Lipinski definition) is 0. The van der Waals surface area contributed by atoms with Crippen molar-refractivity contribution in [2.24, 2.45) is 0 Å². The summed E-state index contributed by atoms with van der Waals surface area (Å²) in [5.74, 6) is 0. The van der Waals surface area contributed by atoms with Crippen molar-refractivity contribution in [1.29, 1.82) is 0 Å². The lowest BCUT2D eigenvalue weighted by Gasteiger charge is -2.32. The minimum Gasteiger partial charge on any atom is -0.447 e. The molecule has 0 saturated carbocycles. The molecule has 30 heavy (non-hydrogen) atoms. The first-order chi connectivity index (χ1) is 14.3. The molecule has 6 nitrogen and oxygen atoms in total. The monoisotopic (exact) mass is 408 g/mol. The van der Waals surface area contributed by atoms with Gasteiger partial charge in [-0.2, -0.15) is 5.10 Å². The van der Waals surface area contributed by atoms with Gasteiger partial charge >= 0.3 is 6.09 Å². The zero-order valence-electron chi connectivity index (χ0n) is 18.7. The van der Waals surface area contributed by atoms with Gasteiger partial charge in [-0.05, 0) is 76.8 Å². The lowest BCUT2D eigenvalue weighted by Crippen LogP contribution is -2.40. The highest BCUT2D eigenvalue weighted by atomic mass is 16.6. The number of ether oxygens (including phenoxy) is 1. The molecule has 1 saturated heterocycles. The third-order valence-electron chi connectivity index (χ3n) is 5.48. The van der Waals surface area contributed by atoms with Crippen molar-refractivity contribution in [3.05, 3.63) is 53.1 Å². The minimum atomic E-state index is -0.228. The molecule has 0 radical (unpaired) electrons. The van der Waals surface area contributed by atoms with E-state index in [-0.39, 0.29) is 18.2 Å². The molecule has 1 aliphatic rings.